The minimum absolute atomic E-state index is 0.0171. The normalized spacial score (nSPS) is 13.6. The largest absolute Gasteiger partial charge is 0.491 e. The lowest BCUT2D eigenvalue weighted by molar-refractivity contribution is 0.317. The second-order valence-electron chi connectivity index (χ2n) is 6.50. The summed E-state index contributed by atoms with van der Waals surface area (Å²) in [5.74, 6) is 2.12. The van der Waals surface area contributed by atoms with E-state index >= 15 is 0 Å². The van der Waals surface area contributed by atoms with Gasteiger partial charge in [-0.15, -0.1) is 0 Å². The van der Waals surface area contributed by atoms with E-state index in [1.807, 2.05) is 25.1 Å². The maximum absolute atomic E-state index is 11.2. The van der Waals surface area contributed by atoms with Gasteiger partial charge in [0.05, 0.1) is 12.3 Å². The van der Waals surface area contributed by atoms with Crippen LogP contribution in [0, 0.1) is 0 Å². The third-order valence-corrected chi connectivity index (χ3v) is 4.70. The highest BCUT2D eigenvalue weighted by atomic mass is 32.2. The first-order chi connectivity index (χ1) is 11.7. The second kappa shape index (κ2) is 10.3. The van der Waals surface area contributed by atoms with Gasteiger partial charge in [-0.1, -0.05) is 32.0 Å². The number of aliphatic imine (C=N–C) groups is 1. The Kier molecular flexibility index (Phi) is 8.75. The first kappa shape index (κ1) is 21.3. The van der Waals surface area contributed by atoms with E-state index in [4.69, 9.17) is 4.74 Å². The lowest BCUT2D eigenvalue weighted by Gasteiger charge is -2.18. The van der Waals surface area contributed by atoms with Gasteiger partial charge >= 0.3 is 0 Å². The highest BCUT2D eigenvalue weighted by molar-refractivity contribution is 7.90. The van der Waals surface area contributed by atoms with Crippen molar-refractivity contribution in [3.05, 3.63) is 29.8 Å². The first-order valence-corrected chi connectivity index (χ1v) is 10.7. The summed E-state index contributed by atoms with van der Waals surface area (Å²) in [7, 11) is -1.26. The summed E-state index contributed by atoms with van der Waals surface area (Å²) in [5.41, 5.74) is 1.19. The molecule has 0 saturated carbocycles. The van der Waals surface area contributed by atoms with Crippen molar-refractivity contribution in [3.63, 3.8) is 0 Å². The molecule has 0 aliphatic rings. The number of ether oxygens (including phenoxy) is 1. The molecule has 0 amide bonds. The molecule has 0 fully saturated rings. The predicted octanol–water partition coefficient (Wildman–Crippen LogP) is 2.18. The molecular formula is C18H31N3O3S. The van der Waals surface area contributed by atoms with Gasteiger partial charge in [-0.05, 0) is 30.9 Å². The predicted molar refractivity (Wildman–Crippen MR) is 104 cm³/mol. The van der Waals surface area contributed by atoms with Crippen LogP contribution in [-0.4, -0.2) is 52.6 Å². The molecule has 1 rings (SSSR count). The zero-order valence-electron chi connectivity index (χ0n) is 15.9. The first-order valence-electron chi connectivity index (χ1n) is 8.59. The Bertz CT molecular complexity index is 657. The standard InChI is InChI=1S/C18H31N3O3S/c1-14(2)16-8-6-7-9-17(16)24-12-11-20-18(19-4)21-15(3)10-13-25(5,22)23/h6-9,14-15H,10-13H2,1-5H3,(H2,19,20,21). The Morgan fingerprint density at radius 3 is 2.52 bits per heavy atom. The summed E-state index contributed by atoms with van der Waals surface area (Å²) in [6, 6.07) is 8.07. The minimum Gasteiger partial charge on any atom is -0.491 e. The molecule has 0 bridgehead atoms. The van der Waals surface area contributed by atoms with E-state index in [2.05, 4.69) is 35.5 Å². The van der Waals surface area contributed by atoms with E-state index < -0.39 is 9.84 Å². The van der Waals surface area contributed by atoms with Crippen molar-refractivity contribution < 1.29 is 13.2 Å². The van der Waals surface area contributed by atoms with E-state index in [9.17, 15) is 8.42 Å². The molecule has 0 aromatic heterocycles. The second-order valence-corrected chi connectivity index (χ2v) is 8.76. The minimum atomic E-state index is -2.94. The maximum Gasteiger partial charge on any atom is 0.191 e. The number of hydrogen-bond donors (Lipinski definition) is 2. The molecule has 7 heteroatoms. The number of hydrogen-bond acceptors (Lipinski definition) is 4. The van der Waals surface area contributed by atoms with Crippen LogP contribution in [0.15, 0.2) is 29.3 Å². The molecule has 6 nitrogen and oxygen atoms in total. The SMILES string of the molecule is CN=C(NCCOc1ccccc1C(C)C)NC(C)CCS(C)(=O)=O. The van der Waals surface area contributed by atoms with E-state index in [1.165, 1.54) is 11.8 Å². The van der Waals surface area contributed by atoms with Crippen LogP contribution in [-0.2, 0) is 9.84 Å². The van der Waals surface area contributed by atoms with Crippen molar-refractivity contribution in [1.29, 1.82) is 0 Å². The zero-order chi connectivity index (χ0) is 18.9. The van der Waals surface area contributed by atoms with Gasteiger partial charge in [0.15, 0.2) is 5.96 Å². The highest BCUT2D eigenvalue weighted by Gasteiger charge is 2.10. The van der Waals surface area contributed by atoms with Crippen molar-refractivity contribution >= 4 is 15.8 Å². The molecule has 0 saturated heterocycles. The lowest BCUT2D eigenvalue weighted by atomic mass is 10.0. The summed E-state index contributed by atoms with van der Waals surface area (Å²) >= 11 is 0. The van der Waals surface area contributed by atoms with Gasteiger partial charge in [0.25, 0.3) is 0 Å². The molecule has 0 spiro atoms. The molecule has 1 unspecified atom stereocenters. The fourth-order valence-corrected chi connectivity index (χ4v) is 3.09. The molecule has 1 aromatic carbocycles. The van der Waals surface area contributed by atoms with Crippen LogP contribution < -0.4 is 15.4 Å². The molecule has 2 N–H and O–H groups in total. The van der Waals surface area contributed by atoms with Crippen molar-refractivity contribution in [2.75, 3.05) is 32.2 Å². The molecule has 142 valence electrons. The van der Waals surface area contributed by atoms with Crippen molar-refractivity contribution in [1.82, 2.24) is 10.6 Å². The number of para-hydroxylation sites is 1. The fraction of sp³-hybridized carbons (Fsp3) is 0.611. The fourth-order valence-electron chi connectivity index (χ4n) is 2.31. The van der Waals surface area contributed by atoms with E-state index in [-0.39, 0.29) is 11.8 Å². The molecule has 0 aliphatic carbocycles. The quantitative estimate of drug-likeness (QED) is 0.396. The van der Waals surface area contributed by atoms with Crippen LogP contribution in [0.25, 0.3) is 0 Å². The Labute approximate surface area is 152 Å². The number of rotatable bonds is 9. The smallest absolute Gasteiger partial charge is 0.191 e. The van der Waals surface area contributed by atoms with Crippen molar-refractivity contribution in [2.24, 2.45) is 4.99 Å². The monoisotopic (exact) mass is 369 g/mol. The van der Waals surface area contributed by atoms with Crippen molar-refractivity contribution in [2.45, 2.75) is 39.2 Å². The number of nitrogens with zero attached hydrogens (tertiary/aromatic N) is 1. The summed E-state index contributed by atoms with van der Waals surface area (Å²) < 4.78 is 28.3. The number of sulfone groups is 1. The Balaban J connectivity index is 2.39. The number of benzene rings is 1. The third kappa shape index (κ3) is 8.77. The van der Waals surface area contributed by atoms with Crippen LogP contribution in [0.3, 0.4) is 0 Å². The Hall–Kier alpha value is -1.76. The molecule has 0 radical (unpaired) electrons. The van der Waals surface area contributed by atoms with E-state index in [1.54, 1.807) is 7.05 Å². The topological polar surface area (TPSA) is 79.8 Å². The number of guanidine groups is 1. The summed E-state index contributed by atoms with van der Waals surface area (Å²) in [6.07, 6.45) is 1.79. The van der Waals surface area contributed by atoms with E-state index in [0.717, 1.165) is 5.75 Å². The van der Waals surface area contributed by atoms with Gasteiger partial charge in [-0.2, -0.15) is 0 Å². The van der Waals surface area contributed by atoms with Crippen molar-refractivity contribution in [3.8, 4) is 5.75 Å². The van der Waals surface area contributed by atoms with Crippen LogP contribution >= 0.6 is 0 Å². The third-order valence-electron chi connectivity index (χ3n) is 3.72. The van der Waals surface area contributed by atoms with Crippen LogP contribution in [0.1, 0.15) is 38.7 Å². The number of nitrogens with one attached hydrogen (secondary N) is 2. The van der Waals surface area contributed by atoms with Gasteiger partial charge in [-0.25, -0.2) is 8.42 Å². The molecule has 25 heavy (non-hydrogen) atoms. The van der Waals surface area contributed by atoms with Gasteiger partial charge in [0, 0.05) is 19.3 Å². The van der Waals surface area contributed by atoms with Crippen LogP contribution in [0.2, 0.25) is 0 Å². The molecule has 0 aliphatic heterocycles. The Morgan fingerprint density at radius 1 is 1.24 bits per heavy atom. The maximum atomic E-state index is 11.2. The Morgan fingerprint density at radius 2 is 1.92 bits per heavy atom. The molecule has 1 aromatic rings. The van der Waals surface area contributed by atoms with E-state index in [0.29, 0.717) is 31.4 Å². The van der Waals surface area contributed by atoms with Crippen LogP contribution in [0.4, 0.5) is 0 Å². The average molecular weight is 370 g/mol. The van der Waals surface area contributed by atoms with Gasteiger partial charge < -0.3 is 15.4 Å². The van der Waals surface area contributed by atoms with Gasteiger partial charge in [-0.3, -0.25) is 4.99 Å². The summed E-state index contributed by atoms with van der Waals surface area (Å²) in [4.78, 5) is 4.15. The zero-order valence-corrected chi connectivity index (χ0v) is 16.7. The van der Waals surface area contributed by atoms with Gasteiger partial charge in [0.2, 0.25) is 0 Å². The average Bonchev–Trinajstić information content (AvgIpc) is 2.55. The molecular weight excluding hydrogens is 338 g/mol. The highest BCUT2D eigenvalue weighted by Crippen LogP contribution is 2.25. The summed E-state index contributed by atoms with van der Waals surface area (Å²) in [5, 5.41) is 6.37. The lowest BCUT2D eigenvalue weighted by Crippen LogP contribution is -2.44. The van der Waals surface area contributed by atoms with Crippen LogP contribution in [0.5, 0.6) is 5.75 Å². The van der Waals surface area contributed by atoms with Gasteiger partial charge in [0.1, 0.15) is 22.2 Å². The molecule has 1 atom stereocenters. The molecule has 0 heterocycles. The summed E-state index contributed by atoms with van der Waals surface area (Å²) in [6.45, 7) is 7.34.